The summed E-state index contributed by atoms with van der Waals surface area (Å²) in [4.78, 5) is 4.37. The van der Waals surface area contributed by atoms with Crippen LogP contribution in [0.5, 0.6) is 0 Å². The Hall–Kier alpha value is -0.890. The van der Waals surface area contributed by atoms with E-state index in [-0.39, 0.29) is 6.10 Å². The molecule has 0 aliphatic rings. The Morgan fingerprint density at radius 3 is 2.53 bits per heavy atom. The van der Waals surface area contributed by atoms with E-state index in [9.17, 15) is 5.11 Å². The minimum Gasteiger partial charge on any atom is -0.388 e. The van der Waals surface area contributed by atoms with Crippen molar-refractivity contribution in [3.8, 4) is 0 Å². The summed E-state index contributed by atoms with van der Waals surface area (Å²) in [5.41, 5.74) is 2.93. The van der Waals surface area contributed by atoms with Gasteiger partial charge in [-0.3, -0.25) is 4.98 Å². The maximum atomic E-state index is 10.1. The van der Waals surface area contributed by atoms with E-state index >= 15 is 0 Å². The zero-order valence-corrected chi connectivity index (χ0v) is 10.1. The van der Waals surface area contributed by atoms with Crippen LogP contribution < -0.4 is 0 Å². The molecule has 2 nitrogen and oxygen atoms in total. The van der Waals surface area contributed by atoms with Crippen LogP contribution in [0, 0.1) is 19.8 Å². The molecule has 2 unspecified atom stereocenters. The number of hydrogen-bond acceptors (Lipinski definition) is 2. The van der Waals surface area contributed by atoms with E-state index in [1.54, 1.807) is 0 Å². The normalized spacial score (nSPS) is 15.0. The molecule has 0 spiro atoms. The summed E-state index contributed by atoms with van der Waals surface area (Å²) in [7, 11) is 0. The third-order valence-electron chi connectivity index (χ3n) is 2.95. The molecule has 15 heavy (non-hydrogen) atoms. The van der Waals surface area contributed by atoms with Crippen molar-refractivity contribution in [2.24, 2.45) is 5.92 Å². The number of pyridine rings is 1. The van der Waals surface area contributed by atoms with E-state index in [1.165, 1.54) is 0 Å². The van der Waals surface area contributed by atoms with E-state index in [2.05, 4.69) is 18.8 Å². The highest BCUT2D eigenvalue weighted by atomic mass is 16.3. The Labute approximate surface area is 92.4 Å². The number of hydrogen-bond donors (Lipinski definition) is 1. The van der Waals surface area contributed by atoms with Crippen LogP contribution in [0.3, 0.4) is 0 Å². The third kappa shape index (κ3) is 3.31. The molecule has 0 radical (unpaired) electrons. The van der Waals surface area contributed by atoms with Crippen LogP contribution in [0.1, 0.15) is 49.7 Å². The molecule has 1 aromatic rings. The summed E-state index contributed by atoms with van der Waals surface area (Å²) in [6, 6.07) is 3.95. The second-order valence-corrected chi connectivity index (χ2v) is 4.39. The van der Waals surface area contributed by atoms with Gasteiger partial charge in [-0.25, -0.2) is 0 Å². The van der Waals surface area contributed by atoms with Gasteiger partial charge in [0.25, 0.3) is 0 Å². The molecule has 0 saturated heterocycles. The predicted molar refractivity (Wildman–Crippen MR) is 62.7 cm³/mol. The zero-order valence-electron chi connectivity index (χ0n) is 10.1. The number of aliphatic hydroxyl groups excluding tert-OH is 1. The van der Waals surface area contributed by atoms with Gasteiger partial charge in [0.2, 0.25) is 0 Å². The van der Waals surface area contributed by atoms with E-state index in [4.69, 9.17) is 0 Å². The first-order valence-electron chi connectivity index (χ1n) is 5.66. The fraction of sp³-hybridized carbons (Fsp3) is 0.615. The first-order chi connectivity index (χ1) is 7.04. The average molecular weight is 207 g/mol. The van der Waals surface area contributed by atoms with Crippen molar-refractivity contribution >= 4 is 0 Å². The smallest absolute Gasteiger partial charge is 0.0810 e. The minimum atomic E-state index is -0.368. The summed E-state index contributed by atoms with van der Waals surface area (Å²) in [5.74, 6) is 0.556. The van der Waals surface area contributed by atoms with Gasteiger partial charge in [0, 0.05) is 17.0 Å². The lowest BCUT2D eigenvalue weighted by Gasteiger charge is -2.17. The number of aryl methyl sites for hydroxylation is 2. The largest absolute Gasteiger partial charge is 0.388 e. The van der Waals surface area contributed by atoms with Crippen LogP contribution in [-0.4, -0.2) is 10.1 Å². The van der Waals surface area contributed by atoms with Gasteiger partial charge < -0.3 is 5.11 Å². The quantitative estimate of drug-likeness (QED) is 0.822. The molecule has 0 aliphatic carbocycles. The topological polar surface area (TPSA) is 33.1 Å². The maximum Gasteiger partial charge on any atom is 0.0810 e. The highest BCUT2D eigenvalue weighted by Gasteiger charge is 2.13. The van der Waals surface area contributed by atoms with Crippen LogP contribution in [0.25, 0.3) is 0 Å². The molecule has 0 saturated carbocycles. The third-order valence-corrected chi connectivity index (χ3v) is 2.95. The summed E-state index contributed by atoms with van der Waals surface area (Å²) in [6.45, 7) is 8.25. The van der Waals surface area contributed by atoms with Crippen molar-refractivity contribution in [3.63, 3.8) is 0 Å². The van der Waals surface area contributed by atoms with Gasteiger partial charge in [0.05, 0.1) is 6.10 Å². The molecule has 0 aromatic carbocycles. The lowest BCUT2D eigenvalue weighted by molar-refractivity contribution is 0.145. The Kier molecular flexibility index (Phi) is 4.28. The molecule has 2 heteroatoms. The fourth-order valence-corrected chi connectivity index (χ4v) is 1.72. The van der Waals surface area contributed by atoms with Crippen molar-refractivity contribution in [3.05, 3.63) is 29.1 Å². The summed E-state index contributed by atoms with van der Waals surface area (Å²) in [5, 5.41) is 10.1. The monoisotopic (exact) mass is 207 g/mol. The first-order valence-corrected chi connectivity index (χ1v) is 5.66. The van der Waals surface area contributed by atoms with E-state index < -0.39 is 0 Å². The van der Waals surface area contributed by atoms with E-state index in [1.807, 2.05) is 26.0 Å². The lowest BCUT2D eigenvalue weighted by atomic mass is 9.95. The van der Waals surface area contributed by atoms with Gasteiger partial charge >= 0.3 is 0 Å². The number of aliphatic hydroxyl groups is 1. The molecular weight excluding hydrogens is 186 g/mol. The lowest BCUT2D eigenvalue weighted by Crippen LogP contribution is -2.06. The SMILES string of the molecule is CCC(C)CC(O)c1ccc(C)nc1C. The van der Waals surface area contributed by atoms with Crippen molar-refractivity contribution < 1.29 is 5.11 Å². The molecular formula is C13H21NO. The summed E-state index contributed by atoms with van der Waals surface area (Å²) < 4.78 is 0. The van der Waals surface area contributed by atoms with Crippen molar-refractivity contribution in [2.75, 3.05) is 0 Å². The van der Waals surface area contributed by atoms with Gasteiger partial charge in [-0.2, -0.15) is 0 Å². The predicted octanol–water partition coefficient (Wildman–Crippen LogP) is 3.17. The highest BCUT2D eigenvalue weighted by molar-refractivity contribution is 5.23. The fourth-order valence-electron chi connectivity index (χ4n) is 1.72. The van der Waals surface area contributed by atoms with Crippen LogP contribution in [0.15, 0.2) is 12.1 Å². The van der Waals surface area contributed by atoms with E-state index in [0.29, 0.717) is 5.92 Å². The highest BCUT2D eigenvalue weighted by Crippen LogP contribution is 2.24. The molecule has 0 fully saturated rings. The molecule has 0 amide bonds. The van der Waals surface area contributed by atoms with Gasteiger partial charge in [0.1, 0.15) is 0 Å². The maximum absolute atomic E-state index is 10.1. The van der Waals surface area contributed by atoms with Gasteiger partial charge in [0.15, 0.2) is 0 Å². The number of nitrogens with zero attached hydrogens (tertiary/aromatic N) is 1. The Balaban J connectivity index is 2.77. The van der Waals surface area contributed by atoms with Crippen LogP contribution in [-0.2, 0) is 0 Å². The summed E-state index contributed by atoms with van der Waals surface area (Å²) >= 11 is 0. The van der Waals surface area contributed by atoms with Crippen LogP contribution >= 0.6 is 0 Å². The van der Waals surface area contributed by atoms with Crippen molar-refractivity contribution in [2.45, 2.75) is 46.6 Å². The second-order valence-electron chi connectivity index (χ2n) is 4.39. The molecule has 0 aliphatic heterocycles. The Bertz CT molecular complexity index is 322. The minimum absolute atomic E-state index is 0.368. The van der Waals surface area contributed by atoms with E-state index in [0.717, 1.165) is 29.8 Å². The van der Waals surface area contributed by atoms with Crippen molar-refractivity contribution in [1.82, 2.24) is 4.98 Å². The van der Waals surface area contributed by atoms with Gasteiger partial charge in [-0.15, -0.1) is 0 Å². The molecule has 1 heterocycles. The molecule has 1 N–H and O–H groups in total. The number of rotatable bonds is 4. The molecule has 84 valence electrons. The van der Waals surface area contributed by atoms with Crippen LogP contribution in [0.2, 0.25) is 0 Å². The summed E-state index contributed by atoms with van der Waals surface area (Å²) in [6.07, 6.45) is 1.56. The second kappa shape index (κ2) is 5.26. The molecule has 1 aromatic heterocycles. The zero-order chi connectivity index (χ0) is 11.4. The van der Waals surface area contributed by atoms with Gasteiger partial charge in [-0.05, 0) is 32.3 Å². The number of aromatic nitrogens is 1. The van der Waals surface area contributed by atoms with Crippen LogP contribution in [0.4, 0.5) is 0 Å². The molecule has 0 bridgehead atoms. The molecule has 1 rings (SSSR count). The standard InChI is InChI=1S/C13H21NO/c1-5-9(2)8-13(15)12-7-6-10(3)14-11(12)4/h6-7,9,13,15H,5,8H2,1-4H3. The Morgan fingerprint density at radius 1 is 1.33 bits per heavy atom. The van der Waals surface area contributed by atoms with Crippen molar-refractivity contribution in [1.29, 1.82) is 0 Å². The Morgan fingerprint density at radius 2 is 2.00 bits per heavy atom. The first kappa shape index (κ1) is 12.2. The molecule has 2 atom stereocenters. The van der Waals surface area contributed by atoms with Gasteiger partial charge in [-0.1, -0.05) is 26.3 Å². The average Bonchev–Trinajstić information content (AvgIpc) is 2.17.